The summed E-state index contributed by atoms with van der Waals surface area (Å²) in [5, 5.41) is 8.77. The monoisotopic (exact) mass is 221 g/mol. The van der Waals surface area contributed by atoms with E-state index < -0.39 is 24.4 Å². The zero-order chi connectivity index (χ0) is 11.6. The third-order valence-electron chi connectivity index (χ3n) is 1.88. The number of alkyl halides is 3. The molecule has 1 unspecified atom stereocenters. The second-order valence-corrected chi connectivity index (χ2v) is 3.25. The van der Waals surface area contributed by atoms with Gasteiger partial charge in [-0.1, -0.05) is 6.07 Å². The molecule has 0 bridgehead atoms. The molecule has 15 heavy (non-hydrogen) atoms. The van der Waals surface area contributed by atoms with Gasteiger partial charge in [0, 0.05) is 12.3 Å². The maximum Gasteiger partial charge on any atom is 0.416 e. The summed E-state index contributed by atoms with van der Waals surface area (Å²) >= 11 is 0. The third-order valence-corrected chi connectivity index (χ3v) is 1.88. The van der Waals surface area contributed by atoms with E-state index in [0.717, 1.165) is 4.57 Å². The highest BCUT2D eigenvalue weighted by Gasteiger charge is 2.38. The van der Waals surface area contributed by atoms with Crippen molar-refractivity contribution in [2.24, 2.45) is 0 Å². The average molecular weight is 221 g/mol. The molecule has 0 aliphatic carbocycles. The number of aliphatic hydroxyl groups is 1. The normalized spacial score (nSPS) is 13.9. The van der Waals surface area contributed by atoms with E-state index in [-0.39, 0.29) is 0 Å². The van der Waals surface area contributed by atoms with Crippen molar-refractivity contribution in [2.45, 2.75) is 25.7 Å². The van der Waals surface area contributed by atoms with Crippen LogP contribution < -0.4 is 5.56 Å². The molecular weight excluding hydrogens is 211 g/mol. The topological polar surface area (TPSA) is 42.2 Å². The molecule has 0 aromatic carbocycles. The van der Waals surface area contributed by atoms with Crippen LogP contribution in [0.1, 0.15) is 5.56 Å². The number of hydrogen-bond donors (Lipinski definition) is 1. The van der Waals surface area contributed by atoms with Crippen LogP contribution in [0.15, 0.2) is 23.1 Å². The quantitative estimate of drug-likeness (QED) is 0.812. The minimum atomic E-state index is -4.71. The highest BCUT2D eigenvalue weighted by molar-refractivity contribution is 5.07. The zero-order valence-electron chi connectivity index (χ0n) is 7.95. The number of halogens is 3. The molecule has 0 amide bonds. The smallest absolute Gasteiger partial charge is 0.382 e. The van der Waals surface area contributed by atoms with E-state index in [1.807, 2.05) is 0 Å². The lowest BCUT2D eigenvalue weighted by molar-refractivity contribution is -0.207. The maximum absolute atomic E-state index is 12.0. The minimum absolute atomic E-state index is 0.566. The number of nitrogens with zero attached hydrogens (tertiary/aromatic N) is 1. The first-order chi connectivity index (χ1) is 6.80. The molecule has 1 atom stereocenters. The Labute approximate surface area is 83.8 Å². The van der Waals surface area contributed by atoms with E-state index in [9.17, 15) is 18.0 Å². The van der Waals surface area contributed by atoms with Crippen LogP contribution in [0.25, 0.3) is 0 Å². The SMILES string of the molecule is Cc1ccc(=O)n(CC(O)C(F)(F)F)c1. The summed E-state index contributed by atoms with van der Waals surface area (Å²) in [6, 6.07) is 2.66. The Kier molecular flexibility index (Phi) is 3.18. The molecule has 84 valence electrons. The zero-order valence-corrected chi connectivity index (χ0v) is 7.95. The molecule has 1 aromatic rings. The van der Waals surface area contributed by atoms with Gasteiger partial charge in [-0.15, -0.1) is 0 Å². The summed E-state index contributed by atoms with van der Waals surface area (Å²) in [6.45, 7) is 0.875. The number of aliphatic hydroxyl groups excluding tert-OH is 1. The highest BCUT2D eigenvalue weighted by Crippen LogP contribution is 2.20. The van der Waals surface area contributed by atoms with Gasteiger partial charge in [-0.3, -0.25) is 4.79 Å². The molecule has 3 nitrogen and oxygen atoms in total. The molecular formula is C9H10F3NO2. The first-order valence-corrected chi connectivity index (χ1v) is 4.22. The molecule has 0 aliphatic heterocycles. The van der Waals surface area contributed by atoms with Gasteiger partial charge in [0.1, 0.15) is 0 Å². The Bertz CT molecular complexity index is 397. The molecule has 1 rings (SSSR count). The molecule has 6 heteroatoms. The maximum atomic E-state index is 12.0. The van der Waals surface area contributed by atoms with Crippen LogP contribution >= 0.6 is 0 Å². The van der Waals surface area contributed by atoms with Crippen molar-refractivity contribution < 1.29 is 18.3 Å². The van der Waals surface area contributed by atoms with Crippen molar-refractivity contribution in [1.82, 2.24) is 4.57 Å². The fraction of sp³-hybridized carbons (Fsp3) is 0.444. The summed E-state index contributed by atoms with van der Waals surface area (Å²) in [7, 11) is 0. The standard InChI is InChI=1S/C9H10F3NO2/c1-6-2-3-8(15)13(4-6)5-7(14)9(10,11)12/h2-4,7,14H,5H2,1H3. The fourth-order valence-electron chi connectivity index (χ4n) is 1.08. The first-order valence-electron chi connectivity index (χ1n) is 4.22. The van der Waals surface area contributed by atoms with Crippen LogP contribution in [0.5, 0.6) is 0 Å². The predicted octanol–water partition coefficient (Wildman–Crippen LogP) is 1.08. The lowest BCUT2D eigenvalue weighted by atomic mass is 10.3. The van der Waals surface area contributed by atoms with Crippen LogP contribution in [0.2, 0.25) is 0 Å². The van der Waals surface area contributed by atoms with Crippen molar-refractivity contribution >= 4 is 0 Å². The van der Waals surface area contributed by atoms with E-state index in [4.69, 9.17) is 5.11 Å². The Morgan fingerprint density at radius 1 is 1.47 bits per heavy atom. The molecule has 0 saturated heterocycles. The van der Waals surface area contributed by atoms with Crippen molar-refractivity contribution in [3.05, 3.63) is 34.2 Å². The van der Waals surface area contributed by atoms with E-state index in [0.29, 0.717) is 5.56 Å². The number of hydrogen-bond acceptors (Lipinski definition) is 2. The lowest BCUT2D eigenvalue weighted by Gasteiger charge is -2.15. The lowest BCUT2D eigenvalue weighted by Crippen LogP contribution is -2.36. The molecule has 0 spiro atoms. The number of rotatable bonds is 2. The van der Waals surface area contributed by atoms with E-state index >= 15 is 0 Å². The Balaban J connectivity index is 2.90. The van der Waals surface area contributed by atoms with Crippen molar-refractivity contribution in [3.63, 3.8) is 0 Å². The van der Waals surface area contributed by atoms with Gasteiger partial charge < -0.3 is 9.67 Å². The third kappa shape index (κ3) is 3.09. The van der Waals surface area contributed by atoms with Gasteiger partial charge in [-0.2, -0.15) is 13.2 Å². The summed E-state index contributed by atoms with van der Waals surface area (Å²) in [5.41, 5.74) is 0.0906. The predicted molar refractivity (Wildman–Crippen MR) is 47.5 cm³/mol. The number of pyridine rings is 1. The van der Waals surface area contributed by atoms with Gasteiger partial charge in [0.15, 0.2) is 6.10 Å². The van der Waals surface area contributed by atoms with Crippen molar-refractivity contribution in [2.75, 3.05) is 0 Å². The van der Waals surface area contributed by atoms with Gasteiger partial charge in [-0.25, -0.2) is 0 Å². The second-order valence-electron chi connectivity index (χ2n) is 3.25. The van der Waals surface area contributed by atoms with E-state index in [1.54, 1.807) is 6.92 Å². The Hall–Kier alpha value is -1.30. The molecule has 0 radical (unpaired) electrons. The summed E-state index contributed by atoms with van der Waals surface area (Å²) in [6.07, 6.45) is -5.95. The van der Waals surface area contributed by atoms with Crippen LogP contribution in [-0.4, -0.2) is 22.0 Å². The fourth-order valence-corrected chi connectivity index (χ4v) is 1.08. The van der Waals surface area contributed by atoms with Crippen LogP contribution in [-0.2, 0) is 6.54 Å². The molecule has 0 saturated carbocycles. The van der Waals surface area contributed by atoms with Crippen molar-refractivity contribution in [1.29, 1.82) is 0 Å². The summed E-state index contributed by atoms with van der Waals surface area (Å²) < 4.78 is 36.8. The summed E-state index contributed by atoms with van der Waals surface area (Å²) in [4.78, 5) is 11.1. The highest BCUT2D eigenvalue weighted by atomic mass is 19.4. The number of aromatic nitrogens is 1. The molecule has 1 heterocycles. The summed E-state index contributed by atoms with van der Waals surface area (Å²) in [5.74, 6) is 0. The van der Waals surface area contributed by atoms with Gasteiger partial charge in [-0.05, 0) is 12.5 Å². The average Bonchev–Trinajstić information content (AvgIpc) is 2.09. The van der Waals surface area contributed by atoms with E-state index in [1.165, 1.54) is 18.3 Å². The van der Waals surface area contributed by atoms with Crippen LogP contribution in [0, 0.1) is 6.92 Å². The minimum Gasteiger partial charge on any atom is -0.382 e. The van der Waals surface area contributed by atoms with Gasteiger partial charge in [0.05, 0.1) is 6.54 Å². The molecule has 1 N–H and O–H groups in total. The molecule has 0 aliphatic rings. The van der Waals surface area contributed by atoms with E-state index in [2.05, 4.69) is 0 Å². The van der Waals surface area contributed by atoms with Crippen LogP contribution in [0.4, 0.5) is 13.2 Å². The second kappa shape index (κ2) is 4.06. The Morgan fingerprint density at radius 2 is 2.07 bits per heavy atom. The van der Waals surface area contributed by atoms with Gasteiger partial charge in [0.25, 0.3) is 5.56 Å². The number of aryl methyl sites for hydroxylation is 1. The van der Waals surface area contributed by atoms with Gasteiger partial charge >= 0.3 is 6.18 Å². The largest absolute Gasteiger partial charge is 0.416 e. The van der Waals surface area contributed by atoms with Crippen LogP contribution in [0.3, 0.4) is 0 Å². The molecule has 0 fully saturated rings. The molecule has 1 aromatic heterocycles. The van der Waals surface area contributed by atoms with Crippen molar-refractivity contribution in [3.8, 4) is 0 Å². The van der Waals surface area contributed by atoms with Gasteiger partial charge in [0.2, 0.25) is 0 Å². The first kappa shape index (κ1) is 11.8. The Morgan fingerprint density at radius 3 is 2.60 bits per heavy atom.